The Morgan fingerprint density at radius 2 is 1.71 bits per heavy atom. The lowest BCUT2D eigenvalue weighted by Crippen LogP contribution is -2.55. The van der Waals surface area contributed by atoms with Crippen LogP contribution in [0.1, 0.15) is 28.8 Å². The smallest absolute Gasteiger partial charge is 0.251 e. The molecule has 1 saturated heterocycles. The Bertz CT molecular complexity index is 1810. The maximum atomic E-state index is 14.0. The quantitative estimate of drug-likeness (QED) is 0.267. The summed E-state index contributed by atoms with van der Waals surface area (Å²) in [7, 11) is -3.46. The van der Waals surface area contributed by atoms with Crippen LogP contribution in [0.5, 0.6) is 0 Å². The lowest BCUT2D eigenvalue weighted by molar-refractivity contribution is -0.133. The topological polar surface area (TPSA) is 103 Å². The molecule has 1 unspecified atom stereocenters. The van der Waals surface area contributed by atoms with E-state index in [0.717, 1.165) is 35.0 Å². The third-order valence-electron chi connectivity index (χ3n) is 8.43. The van der Waals surface area contributed by atoms with Crippen molar-refractivity contribution in [3.05, 3.63) is 101 Å². The van der Waals surface area contributed by atoms with Crippen LogP contribution in [0.25, 0.3) is 10.9 Å². The van der Waals surface area contributed by atoms with Gasteiger partial charge in [0.25, 0.3) is 5.91 Å². The zero-order valence-corrected chi connectivity index (χ0v) is 26.7. The van der Waals surface area contributed by atoms with Gasteiger partial charge in [0.15, 0.2) is 0 Å². The number of hydrogen-bond acceptors (Lipinski definition) is 6. The van der Waals surface area contributed by atoms with Gasteiger partial charge < -0.3 is 15.1 Å². The predicted octanol–water partition coefficient (Wildman–Crippen LogP) is 4.75. The first kappa shape index (κ1) is 30.9. The average molecular weight is 646 g/mol. The molecule has 6 rings (SSSR count). The Morgan fingerprint density at radius 1 is 0.978 bits per heavy atom. The minimum atomic E-state index is -3.46. The number of sulfonamides is 1. The molecule has 4 aromatic rings. The molecule has 11 heteroatoms. The van der Waals surface area contributed by atoms with E-state index in [1.54, 1.807) is 41.4 Å². The number of nitrogens with one attached hydrogen (secondary N) is 1. The third kappa shape index (κ3) is 7.40. The lowest BCUT2D eigenvalue weighted by atomic mass is 10.0. The van der Waals surface area contributed by atoms with Crippen molar-refractivity contribution in [3.8, 4) is 0 Å². The maximum absolute atomic E-state index is 14.0. The number of rotatable bonds is 10. The van der Waals surface area contributed by atoms with Crippen LogP contribution in [0.2, 0.25) is 5.02 Å². The molecule has 2 amide bonds. The van der Waals surface area contributed by atoms with E-state index in [0.29, 0.717) is 61.3 Å². The Balaban J connectivity index is 1.19. The number of nitrogens with zero attached hydrogens (tertiary/aromatic N) is 4. The largest absolute Gasteiger partial charge is 0.366 e. The summed E-state index contributed by atoms with van der Waals surface area (Å²) in [4.78, 5) is 35.7. The Morgan fingerprint density at radius 3 is 2.42 bits per heavy atom. The van der Waals surface area contributed by atoms with Gasteiger partial charge >= 0.3 is 0 Å². The van der Waals surface area contributed by atoms with E-state index in [1.807, 2.05) is 48.5 Å². The zero-order valence-electron chi connectivity index (χ0n) is 25.1. The molecular formula is C34H36ClN5O4S. The van der Waals surface area contributed by atoms with Gasteiger partial charge in [0, 0.05) is 61.3 Å². The highest BCUT2D eigenvalue weighted by Crippen LogP contribution is 2.37. The van der Waals surface area contributed by atoms with Crippen molar-refractivity contribution in [1.82, 2.24) is 15.2 Å². The molecule has 1 aliphatic carbocycles. The van der Waals surface area contributed by atoms with Crippen LogP contribution in [0.3, 0.4) is 0 Å². The summed E-state index contributed by atoms with van der Waals surface area (Å²) >= 11 is 6.10. The molecule has 1 saturated carbocycles. The van der Waals surface area contributed by atoms with E-state index in [9.17, 15) is 18.0 Å². The second kappa shape index (κ2) is 13.1. The first-order chi connectivity index (χ1) is 21.7. The van der Waals surface area contributed by atoms with Gasteiger partial charge in [-0.3, -0.25) is 18.9 Å². The van der Waals surface area contributed by atoms with Crippen molar-refractivity contribution in [2.45, 2.75) is 25.3 Å². The molecular weight excluding hydrogens is 610 g/mol. The highest BCUT2D eigenvalue weighted by molar-refractivity contribution is 7.92. The highest BCUT2D eigenvalue weighted by atomic mass is 35.5. The van der Waals surface area contributed by atoms with Gasteiger partial charge in [0.05, 0.1) is 23.1 Å². The van der Waals surface area contributed by atoms with Gasteiger partial charge in [-0.25, -0.2) is 8.42 Å². The van der Waals surface area contributed by atoms with Gasteiger partial charge in [0.2, 0.25) is 15.9 Å². The van der Waals surface area contributed by atoms with E-state index < -0.39 is 16.1 Å². The number of halogens is 1. The number of carbonyl (C=O) groups is 2. The van der Waals surface area contributed by atoms with Gasteiger partial charge in [0.1, 0.15) is 6.04 Å². The number of pyridine rings is 1. The number of fused-ring (bicyclic) bond motifs is 1. The third-order valence-corrected chi connectivity index (χ3v) is 9.82. The van der Waals surface area contributed by atoms with Crippen LogP contribution in [0, 0.1) is 5.92 Å². The van der Waals surface area contributed by atoms with E-state index in [2.05, 4.69) is 15.2 Å². The summed E-state index contributed by atoms with van der Waals surface area (Å²) in [5, 5.41) is 4.43. The molecule has 1 N–H and O–H groups in total. The van der Waals surface area contributed by atoms with Crippen molar-refractivity contribution in [2.75, 3.05) is 48.2 Å². The Kier molecular flexibility index (Phi) is 8.96. The first-order valence-electron chi connectivity index (χ1n) is 15.2. The highest BCUT2D eigenvalue weighted by Gasteiger charge is 2.33. The number of para-hydroxylation sites is 2. The van der Waals surface area contributed by atoms with Gasteiger partial charge in [-0.05, 0) is 72.9 Å². The molecule has 45 heavy (non-hydrogen) atoms. The molecule has 0 radical (unpaired) electrons. The second-order valence-corrected chi connectivity index (χ2v) is 14.1. The van der Waals surface area contributed by atoms with Gasteiger partial charge in [-0.1, -0.05) is 41.9 Å². The second-order valence-electron chi connectivity index (χ2n) is 11.8. The van der Waals surface area contributed by atoms with Crippen LogP contribution in [-0.2, 0) is 21.2 Å². The lowest BCUT2D eigenvalue weighted by Gasteiger charge is -2.39. The number of carbonyl (C=O) groups excluding carboxylic acids is 2. The van der Waals surface area contributed by atoms with E-state index in [4.69, 9.17) is 11.6 Å². The zero-order chi connectivity index (χ0) is 31.6. The van der Waals surface area contributed by atoms with E-state index >= 15 is 0 Å². The molecule has 9 nitrogen and oxygen atoms in total. The monoisotopic (exact) mass is 645 g/mol. The SMILES string of the molecule is CS(=O)(=O)N(CC1CC1)c1ccccc1N1CCN(C(=O)C(Cc2ccc(Cl)cc2)NC(=O)c2ccc3ncccc3c2)CC1. The van der Waals surface area contributed by atoms with Gasteiger partial charge in [-0.2, -0.15) is 0 Å². The van der Waals surface area contributed by atoms with Crippen LogP contribution in [-0.4, -0.2) is 75.1 Å². The summed E-state index contributed by atoms with van der Waals surface area (Å²) < 4.78 is 27.1. The molecule has 1 aromatic heterocycles. The first-order valence-corrected chi connectivity index (χ1v) is 17.4. The molecule has 0 spiro atoms. The molecule has 2 fully saturated rings. The van der Waals surface area contributed by atoms with Gasteiger partial charge in [-0.15, -0.1) is 0 Å². The fourth-order valence-electron chi connectivity index (χ4n) is 5.79. The number of benzene rings is 3. The molecule has 3 aromatic carbocycles. The van der Waals surface area contributed by atoms with Crippen molar-refractivity contribution in [3.63, 3.8) is 0 Å². The minimum Gasteiger partial charge on any atom is -0.366 e. The van der Waals surface area contributed by atoms with Crippen molar-refractivity contribution in [1.29, 1.82) is 0 Å². The number of aromatic nitrogens is 1. The summed E-state index contributed by atoms with van der Waals surface area (Å²) in [5.74, 6) is -0.112. The Hall–Kier alpha value is -4.15. The average Bonchev–Trinajstić information content (AvgIpc) is 3.88. The van der Waals surface area contributed by atoms with Crippen LogP contribution >= 0.6 is 11.6 Å². The number of anilines is 2. The fraction of sp³-hybridized carbons (Fsp3) is 0.324. The molecule has 2 heterocycles. The fourth-order valence-corrected chi connectivity index (χ4v) is 6.91. The summed E-state index contributed by atoms with van der Waals surface area (Å²) in [6.45, 7) is 2.41. The minimum absolute atomic E-state index is 0.166. The number of hydrogen-bond donors (Lipinski definition) is 1. The summed E-state index contributed by atoms with van der Waals surface area (Å²) in [6, 6.07) is 23.1. The molecule has 2 aliphatic rings. The van der Waals surface area contributed by atoms with E-state index in [1.165, 1.54) is 10.6 Å². The summed E-state index contributed by atoms with van der Waals surface area (Å²) in [6.07, 6.45) is 5.36. The van der Waals surface area contributed by atoms with Crippen molar-refractivity contribution >= 4 is 55.7 Å². The van der Waals surface area contributed by atoms with Crippen LogP contribution in [0.15, 0.2) is 85.1 Å². The van der Waals surface area contributed by atoms with Crippen LogP contribution < -0.4 is 14.5 Å². The van der Waals surface area contributed by atoms with Crippen LogP contribution in [0.4, 0.5) is 11.4 Å². The summed E-state index contributed by atoms with van der Waals surface area (Å²) in [5.41, 5.74) is 3.63. The molecule has 234 valence electrons. The van der Waals surface area contributed by atoms with Crippen molar-refractivity contribution in [2.24, 2.45) is 5.92 Å². The van der Waals surface area contributed by atoms with E-state index in [-0.39, 0.29) is 11.8 Å². The normalized spacial score (nSPS) is 16.0. The molecule has 1 atom stereocenters. The maximum Gasteiger partial charge on any atom is 0.251 e. The standard InChI is InChI=1S/C34H36ClN5O4S/c1-45(43,44)40(23-25-8-9-25)32-7-3-2-6-31(32)38-17-19-39(20-18-38)34(42)30(21-24-10-13-28(35)14-11-24)37-33(41)27-12-15-29-26(22-27)5-4-16-36-29/h2-7,10-16,22,25,30H,8-9,17-21,23H2,1H3,(H,37,41). The number of piperazine rings is 1. The Labute approximate surface area is 268 Å². The molecule has 0 bridgehead atoms. The van der Waals surface area contributed by atoms with Crippen molar-refractivity contribution < 1.29 is 18.0 Å². The number of amides is 2. The molecule has 1 aliphatic heterocycles. The predicted molar refractivity (Wildman–Crippen MR) is 178 cm³/mol.